The maximum absolute atomic E-state index is 13.1. The van der Waals surface area contributed by atoms with Gasteiger partial charge in [0.25, 0.3) is 0 Å². The summed E-state index contributed by atoms with van der Waals surface area (Å²) in [5.41, 5.74) is -1.26. The molecular formula is C10H5F4N. The molecule has 2 rings (SSSR count). The van der Waals surface area contributed by atoms with Gasteiger partial charge in [-0.25, -0.2) is 4.39 Å². The summed E-state index contributed by atoms with van der Waals surface area (Å²) in [7, 11) is 0. The Balaban J connectivity index is 2.86. The van der Waals surface area contributed by atoms with Gasteiger partial charge >= 0.3 is 6.18 Å². The first kappa shape index (κ1) is 9.89. The third-order valence-electron chi connectivity index (χ3n) is 2.06. The molecule has 78 valence electrons. The second-order valence-electron chi connectivity index (χ2n) is 3.02. The van der Waals surface area contributed by atoms with Gasteiger partial charge in [-0.05, 0) is 17.5 Å². The van der Waals surface area contributed by atoms with Crippen molar-refractivity contribution in [1.29, 1.82) is 0 Å². The van der Waals surface area contributed by atoms with Gasteiger partial charge < -0.3 is 0 Å². The first-order chi connectivity index (χ1) is 7.00. The van der Waals surface area contributed by atoms with Crippen LogP contribution in [0, 0.1) is 5.82 Å². The van der Waals surface area contributed by atoms with Crippen molar-refractivity contribution in [2.45, 2.75) is 6.18 Å². The number of pyridine rings is 1. The summed E-state index contributed by atoms with van der Waals surface area (Å²) in [6, 6.07) is 3.51. The Kier molecular flexibility index (Phi) is 2.10. The van der Waals surface area contributed by atoms with Crippen LogP contribution in [0.1, 0.15) is 5.56 Å². The van der Waals surface area contributed by atoms with Gasteiger partial charge in [0.1, 0.15) is 11.4 Å². The average Bonchev–Trinajstić information content (AvgIpc) is 2.15. The molecule has 0 fully saturated rings. The van der Waals surface area contributed by atoms with Crippen LogP contribution in [0.5, 0.6) is 0 Å². The van der Waals surface area contributed by atoms with Crippen LogP contribution in [-0.4, -0.2) is 4.98 Å². The largest absolute Gasteiger partial charge is 0.419 e. The molecule has 1 aromatic carbocycles. The average molecular weight is 215 g/mol. The molecule has 1 aromatic heterocycles. The molecular weight excluding hydrogens is 210 g/mol. The van der Waals surface area contributed by atoms with Crippen LogP contribution in [0.15, 0.2) is 30.6 Å². The van der Waals surface area contributed by atoms with Crippen LogP contribution in [0.3, 0.4) is 0 Å². The molecule has 0 spiro atoms. The number of hydrogen-bond acceptors (Lipinski definition) is 1. The van der Waals surface area contributed by atoms with Gasteiger partial charge in [0, 0.05) is 17.8 Å². The highest BCUT2D eigenvalue weighted by Gasteiger charge is 2.36. The maximum Gasteiger partial charge on any atom is 0.419 e. The summed E-state index contributed by atoms with van der Waals surface area (Å²) in [6.07, 6.45) is -2.33. The smallest absolute Gasteiger partial charge is 0.264 e. The number of halogens is 4. The number of hydrogen-bond donors (Lipinski definition) is 0. The molecule has 0 aliphatic carbocycles. The summed E-state index contributed by atoms with van der Waals surface area (Å²) in [5.74, 6) is -1.28. The molecule has 0 saturated carbocycles. The van der Waals surface area contributed by atoms with E-state index in [-0.39, 0.29) is 5.39 Å². The van der Waals surface area contributed by atoms with Crippen molar-refractivity contribution in [3.8, 4) is 0 Å². The molecule has 15 heavy (non-hydrogen) atoms. The van der Waals surface area contributed by atoms with Gasteiger partial charge in [-0.15, -0.1) is 0 Å². The summed E-state index contributed by atoms with van der Waals surface area (Å²) in [5, 5.41) is 0.101. The lowest BCUT2D eigenvalue weighted by Gasteiger charge is -2.10. The number of rotatable bonds is 0. The van der Waals surface area contributed by atoms with Crippen molar-refractivity contribution in [2.24, 2.45) is 0 Å². The Morgan fingerprint density at radius 3 is 2.47 bits per heavy atom. The monoisotopic (exact) mass is 215 g/mol. The summed E-state index contributed by atoms with van der Waals surface area (Å²) in [4.78, 5) is 3.56. The van der Waals surface area contributed by atoms with Crippen LogP contribution >= 0.6 is 0 Å². The number of benzene rings is 1. The fourth-order valence-electron chi connectivity index (χ4n) is 1.42. The fourth-order valence-corrected chi connectivity index (χ4v) is 1.42. The van der Waals surface area contributed by atoms with E-state index in [1.165, 1.54) is 18.3 Å². The molecule has 2 aromatic rings. The van der Waals surface area contributed by atoms with Gasteiger partial charge in [0.05, 0.1) is 0 Å². The predicted molar refractivity (Wildman–Crippen MR) is 46.7 cm³/mol. The van der Waals surface area contributed by atoms with E-state index < -0.39 is 17.6 Å². The lowest BCUT2D eigenvalue weighted by molar-refractivity contribution is -0.138. The van der Waals surface area contributed by atoms with Crippen molar-refractivity contribution in [3.63, 3.8) is 0 Å². The molecule has 0 amide bonds. The highest BCUT2D eigenvalue weighted by atomic mass is 19.4. The van der Waals surface area contributed by atoms with Crippen molar-refractivity contribution < 1.29 is 17.6 Å². The molecule has 0 saturated heterocycles. The Morgan fingerprint density at radius 1 is 1.07 bits per heavy atom. The predicted octanol–water partition coefficient (Wildman–Crippen LogP) is 3.39. The van der Waals surface area contributed by atoms with E-state index in [1.54, 1.807) is 0 Å². The van der Waals surface area contributed by atoms with Gasteiger partial charge in [-0.3, -0.25) is 4.98 Å². The number of aromatic nitrogens is 1. The van der Waals surface area contributed by atoms with Crippen LogP contribution in [0.4, 0.5) is 17.6 Å². The zero-order valence-electron chi connectivity index (χ0n) is 7.35. The van der Waals surface area contributed by atoms with Gasteiger partial charge in [-0.2, -0.15) is 13.2 Å². The van der Waals surface area contributed by atoms with Crippen LogP contribution in [0.2, 0.25) is 0 Å². The van der Waals surface area contributed by atoms with E-state index in [0.717, 1.165) is 12.3 Å². The molecule has 0 aliphatic rings. The number of nitrogens with zero attached hydrogens (tertiary/aromatic N) is 1. The van der Waals surface area contributed by atoms with E-state index in [0.29, 0.717) is 5.39 Å². The molecule has 0 N–H and O–H groups in total. The molecule has 0 bridgehead atoms. The van der Waals surface area contributed by atoms with Crippen molar-refractivity contribution in [3.05, 3.63) is 42.0 Å². The van der Waals surface area contributed by atoms with Gasteiger partial charge in [0.2, 0.25) is 0 Å². The van der Waals surface area contributed by atoms with E-state index in [4.69, 9.17) is 0 Å². The Morgan fingerprint density at radius 2 is 1.80 bits per heavy atom. The quantitative estimate of drug-likeness (QED) is 0.614. The number of alkyl halides is 3. The van der Waals surface area contributed by atoms with Crippen LogP contribution in [0.25, 0.3) is 10.8 Å². The van der Waals surface area contributed by atoms with Gasteiger partial charge in [-0.1, -0.05) is 6.07 Å². The highest BCUT2D eigenvalue weighted by Crippen LogP contribution is 2.36. The summed E-state index contributed by atoms with van der Waals surface area (Å²) < 4.78 is 50.6. The van der Waals surface area contributed by atoms with Crippen LogP contribution < -0.4 is 0 Å². The molecule has 0 atom stereocenters. The second-order valence-corrected chi connectivity index (χ2v) is 3.02. The zero-order valence-corrected chi connectivity index (χ0v) is 7.35. The molecule has 1 nitrogen and oxygen atoms in total. The molecule has 0 radical (unpaired) electrons. The lowest BCUT2D eigenvalue weighted by atomic mass is 10.1. The van der Waals surface area contributed by atoms with E-state index in [9.17, 15) is 17.6 Å². The minimum Gasteiger partial charge on any atom is -0.264 e. The molecule has 5 heteroatoms. The zero-order chi connectivity index (χ0) is 11.1. The molecule has 1 heterocycles. The standard InChI is InChI=1S/C10H5F4N/c11-8-2-1-6-3-4-15-5-7(6)9(8)10(12,13)14/h1-5H. The minimum absolute atomic E-state index is 0.218. The number of fused-ring (bicyclic) bond motifs is 1. The third-order valence-corrected chi connectivity index (χ3v) is 2.06. The van der Waals surface area contributed by atoms with Crippen LogP contribution in [-0.2, 0) is 6.18 Å². The maximum atomic E-state index is 13.1. The normalized spacial score (nSPS) is 12.0. The van der Waals surface area contributed by atoms with E-state index in [1.807, 2.05) is 0 Å². The third kappa shape index (κ3) is 1.65. The fraction of sp³-hybridized carbons (Fsp3) is 0.100. The summed E-state index contributed by atoms with van der Waals surface area (Å²) >= 11 is 0. The SMILES string of the molecule is Fc1ccc2ccncc2c1C(F)(F)F. The highest BCUT2D eigenvalue weighted by molar-refractivity contribution is 5.85. The van der Waals surface area contributed by atoms with E-state index >= 15 is 0 Å². The van der Waals surface area contributed by atoms with Crippen molar-refractivity contribution >= 4 is 10.8 Å². The topological polar surface area (TPSA) is 12.9 Å². The lowest BCUT2D eigenvalue weighted by Crippen LogP contribution is -2.09. The van der Waals surface area contributed by atoms with Crippen molar-refractivity contribution in [2.75, 3.05) is 0 Å². The first-order valence-corrected chi connectivity index (χ1v) is 4.09. The van der Waals surface area contributed by atoms with Crippen molar-refractivity contribution in [1.82, 2.24) is 4.98 Å². The Hall–Kier alpha value is -1.65. The minimum atomic E-state index is -4.70. The Bertz CT molecular complexity index is 504. The molecule has 0 aliphatic heterocycles. The second kappa shape index (κ2) is 3.18. The molecule has 0 unspecified atom stereocenters. The Labute approximate surface area is 82.4 Å². The first-order valence-electron chi connectivity index (χ1n) is 4.09. The van der Waals surface area contributed by atoms with E-state index in [2.05, 4.69) is 4.98 Å². The summed E-state index contributed by atoms with van der Waals surface area (Å²) in [6.45, 7) is 0. The van der Waals surface area contributed by atoms with Gasteiger partial charge in [0.15, 0.2) is 0 Å².